The van der Waals surface area contributed by atoms with Crippen LogP contribution in [0.3, 0.4) is 0 Å². The lowest BCUT2D eigenvalue weighted by Crippen LogP contribution is -2.33. The van der Waals surface area contributed by atoms with Gasteiger partial charge in [-0.1, -0.05) is 30.7 Å². The molecule has 8 heteroatoms. The number of carbonyl (C=O) groups is 1. The minimum absolute atomic E-state index is 0.153. The van der Waals surface area contributed by atoms with Crippen LogP contribution in [-0.4, -0.2) is 26.0 Å². The molecule has 3 rings (SSSR count). The Labute approximate surface area is 157 Å². The van der Waals surface area contributed by atoms with Gasteiger partial charge in [-0.3, -0.25) is 9.52 Å². The van der Waals surface area contributed by atoms with Gasteiger partial charge < -0.3 is 4.84 Å². The van der Waals surface area contributed by atoms with Crippen molar-refractivity contribution in [3.05, 3.63) is 58.6 Å². The number of benzene rings is 2. The van der Waals surface area contributed by atoms with Crippen LogP contribution < -0.4 is 4.72 Å². The van der Waals surface area contributed by atoms with Gasteiger partial charge in [0.05, 0.1) is 17.1 Å². The van der Waals surface area contributed by atoms with Crippen LogP contribution >= 0.6 is 11.6 Å². The normalized spacial score (nSPS) is 14.5. The molecule has 0 amide bonds. The predicted molar refractivity (Wildman–Crippen MR) is 99.2 cm³/mol. The Bertz CT molecular complexity index is 931. The third kappa shape index (κ3) is 4.35. The van der Waals surface area contributed by atoms with E-state index in [-0.39, 0.29) is 10.9 Å². The van der Waals surface area contributed by atoms with Crippen molar-refractivity contribution in [2.24, 2.45) is 0 Å². The first-order valence-electron chi connectivity index (χ1n) is 8.23. The molecule has 0 fully saturated rings. The second-order valence-corrected chi connectivity index (χ2v) is 8.10. The van der Waals surface area contributed by atoms with E-state index in [4.69, 9.17) is 16.4 Å². The Kier molecular flexibility index (Phi) is 5.50. The van der Waals surface area contributed by atoms with Gasteiger partial charge in [0.25, 0.3) is 10.0 Å². The zero-order chi connectivity index (χ0) is 18.7. The van der Waals surface area contributed by atoms with Crippen LogP contribution in [0, 0.1) is 0 Å². The van der Waals surface area contributed by atoms with E-state index in [1.165, 1.54) is 0 Å². The molecule has 0 atom stereocenters. The molecule has 0 unspecified atom stereocenters. The Balaban J connectivity index is 1.81. The van der Waals surface area contributed by atoms with Gasteiger partial charge in [0.15, 0.2) is 0 Å². The lowest BCUT2D eigenvalue weighted by Gasteiger charge is -2.27. The number of hydrogen-bond donors (Lipinski definition) is 1. The van der Waals surface area contributed by atoms with Crippen LogP contribution in [0.4, 0.5) is 5.69 Å². The fourth-order valence-corrected chi connectivity index (χ4v) is 4.02. The molecule has 1 aliphatic rings. The van der Waals surface area contributed by atoms with Crippen molar-refractivity contribution in [3.8, 4) is 0 Å². The number of nitrogens with zero attached hydrogens (tertiary/aromatic N) is 1. The minimum Gasteiger partial charge on any atom is -0.368 e. The Hall–Kier alpha value is -2.09. The second kappa shape index (κ2) is 7.65. The van der Waals surface area contributed by atoms with Crippen molar-refractivity contribution in [1.82, 2.24) is 5.06 Å². The fourth-order valence-electron chi connectivity index (χ4n) is 2.73. The highest BCUT2D eigenvalue weighted by Gasteiger charge is 2.22. The number of carbonyl (C=O) groups excluding carboxylic acids is 1. The first kappa shape index (κ1) is 18.7. The van der Waals surface area contributed by atoms with E-state index in [1.807, 2.05) is 0 Å². The van der Waals surface area contributed by atoms with E-state index in [0.717, 1.165) is 11.1 Å². The standard InChI is InChI=1S/C18H19ClN2O4S/c1-2-18(22)25-21-9-8-13-6-7-17(10-14(13)12-21)26(23,24)20-16-5-3-4-15(19)11-16/h3-7,10-11,20H,2,8-9,12H2,1H3. The van der Waals surface area contributed by atoms with Gasteiger partial charge in [0.2, 0.25) is 0 Å². The number of halogens is 1. The van der Waals surface area contributed by atoms with Crippen molar-refractivity contribution in [1.29, 1.82) is 0 Å². The maximum absolute atomic E-state index is 12.7. The minimum atomic E-state index is -3.74. The van der Waals surface area contributed by atoms with E-state index in [2.05, 4.69) is 4.72 Å². The van der Waals surface area contributed by atoms with E-state index in [1.54, 1.807) is 54.5 Å². The molecule has 6 nitrogen and oxygen atoms in total. The number of rotatable bonds is 5. The van der Waals surface area contributed by atoms with Crippen molar-refractivity contribution >= 4 is 33.3 Å². The monoisotopic (exact) mass is 394 g/mol. The number of fused-ring (bicyclic) bond motifs is 1. The van der Waals surface area contributed by atoms with Crippen molar-refractivity contribution < 1.29 is 18.0 Å². The predicted octanol–water partition coefficient (Wildman–Crippen LogP) is 3.37. The molecular formula is C18H19ClN2O4S. The first-order valence-corrected chi connectivity index (χ1v) is 10.1. The first-order chi connectivity index (χ1) is 12.4. The van der Waals surface area contributed by atoms with Gasteiger partial charge in [-0.05, 0) is 47.9 Å². The summed E-state index contributed by atoms with van der Waals surface area (Å²) < 4.78 is 27.8. The maximum atomic E-state index is 12.7. The molecular weight excluding hydrogens is 376 g/mol. The molecule has 0 radical (unpaired) electrons. The van der Waals surface area contributed by atoms with Crippen molar-refractivity contribution in [2.45, 2.75) is 31.2 Å². The average Bonchev–Trinajstić information content (AvgIpc) is 2.60. The van der Waals surface area contributed by atoms with Gasteiger partial charge in [-0.15, -0.1) is 5.06 Å². The molecule has 1 N–H and O–H groups in total. The lowest BCUT2D eigenvalue weighted by atomic mass is 10.0. The van der Waals surface area contributed by atoms with Crippen molar-refractivity contribution in [3.63, 3.8) is 0 Å². The molecule has 138 valence electrons. The molecule has 0 aliphatic carbocycles. The zero-order valence-corrected chi connectivity index (χ0v) is 15.8. The SMILES string of the molecule is CCC(=O)ON1CCc2ccc(S(=O)(=O)Nc3cccc(Cl)c3)cc2C1. The third-order valence-electron chi connectivity index (χ3n) is 4.06. The average molecular weight is 395 g/mol. The number of hydrogen-bond acceptors (Lipinski definition) is 5. The Morgan fingerprint density at radius 2 is 2.04 bits per heavy atom. The summed E-state index contributed by atoms with van der Waals surface area (Å²) in [6.07, 6.45) is 0.982. The Morgan fingerprint density at radius 3 is 2.77 bits per heavy atom. The molecule has 0 aromatic heterocycles. The molecule has 2 aromatic carbocycles. The summed E-state index contributed by atoms with van der Waals surface area (Å²) in [5.74, 6) is -0.306. The van der Waals surface area contributed by atoms with E-state index < -0.39 is 10.0 Å². The molecule has 26 heavy (non-hydrogen) atoms. The van der Waals surface area contributed by atoms with Crippen LogP contribution in [0.25, 0.3) is 0 Å². The largest absolute Gasteiger partial charge is 0.368 e. The van der Waals surface area contributed by atoms with Gasteiger partial charge in [0.1, 0.15) is 0 Å². The number of sulfonamides is 1. The Morgan fingerprint density at radius 1 is 1.23 bits per heavy atom. The van der Waals surface area contributed by atoms with Gasteiger partial charge >= 0.3 is 5.97 Å². The molecule has 0 saturated carbocycles. The summed E-state index contributed by atoms with van der Waals surface area (Å²) in [6.45, 7) is 2.68. The van der Waals surface area contributed by atoms with E-state index in [9.17, 15) is 13.2 Å². The molecule has 0 saturated heterocycles. The number of hydroxylamine groups is 2. The van der Waals surface area contributed by atoms with Gasteiger partial charge in [0, 0.05) is 18.0 Å². The van der Waals surface area contributed by atoms with Crippen LogP contribution in [0.15, 0.2) is 47.4 Å². The van der Waals surface area contributed by atoms with Gasteiger partial charge in [-0.25, -0.2) is 8.42 Å². The quantitative estimate of drug-likeness (QED) is 0.841. The highest BCUT2D eigenvalue weighted by Crippen LogP contribution is 2.25. The summed E-state index contributed by atoms with van der Waals surface area (Å²) in [5, 5.41) is 2.01. The van der Waals surface area contributed by atoms with Crippen LogP contribution in [0.1, 0.15) is 24.5 Å². The van der Waals surface area contributed by atoms with Crippen LogP contribution in [0.2, 0.25) is 5.02 Å². The van der Waals surface area contributed by atoms with E-state index in [0.29, 0.717) is 36.6 Å². The topological polar surface area (TPSA) is 75.7 Å². The number of nitrogens with one attached hydrogen (secondary N) is 1. The highest BCUT2D eigenvalue weighted by atomic mass is 35.5. The summed E-state index contributed by atoms with van der Waals surface area (Å²) in [5.41, 5.74) is 2.28. The highest BCUT2D eigenvalue weighted by molar-refractivity contribution is 7.92. The summed E-state index contributed by atoms with van der Waals surface area (Å²) in [7, 11) is -3.74. The van der Waals surface area contributed by atoms with E-state index >= 15 is 0 Å². The molecule has 2 aromatic rings. The summed E-state index contributed by atoms with van der Waals surface area (Å²) in [4.78, 5) is 16.9. The summed E-state index contributed by atoms with van der Waals surface area (Å²) in [6, 6.07) is 11.5. The third-order valence-corrected chi connectivity index (χ3v) is 5.68. The summed E-state index contributed by atoms with van der Waals surface area (Å²) >= 11 is 5.90. The molecule has 1 heterocycles. The fraction of sp³-hybridized carbons (Fsp3) is 0.278. The molecule has 0 spiro atoms. The van der Waals surface area contributed by atoms with Crippen molar-refractivity contribution in [2.75, 3.05) is 11.3 Å². The molecule has 0 bridgehead atoms. The van der Waals surface area contributed by atoms with Gasteiger partial charge in [-0.2, -0.15) is 0 Å². The smallest absolute Gasteiger partial charge is 0.324 e. The lowest BCUT2D eigenvalue weighted by molar-refractivity contribution is -0.194. The number of anilines is 1. The second-order valence-electron chi connectivity index (χ2n) is 5.98. The van der Waals surface area contributed by atoms with Crippen LogP contribution in [0.5, 0.6) is 0 Å². The maximum Gasteiger partial charge on any atom is 0.324 e. The van der Waals surface area contributed by atoms with Crippen LogP contribution in [-0.2, 0) is 32.6 Å². The molecule has 1 aliphatic heterocycles. The zero-order valence-electron chi connectivity index (χ0n) is 14.2.